The molecule has 15 heavy (non-hydrogen) atoms. The molecule has 1 saturated heterocycles. The molecule has 1 aliphatic heterocycles. The number of rotatable bonds is 3. The molecule has 0 spiro atoms. The van der Waals surface area contributed by atoms with Crippen LogP contribution in [0.25, 0.3) is 0 Å². The predicted octanol–water partition coefficient (Wildman–Crippen LogP) is 3.47. The fourth-order valence-corrected chi connectivity index (χ4v) is 3.01. The summed E-state index contributed by atoms with van der Waals surface area (Å²) in [5, 5.41) is 0. The Morgan fingerprint density at radius 1 is 1.40 bits per heavy atom. The lowest BCUT2D eigenvalue weighted by Gasteiger charge is -2.08. The van der Waals surface area contributed by atoms with E-state index in [1.807, 2.05) is 0 Å². The summed E-state index contributed by atoms with van der Waals surface area (Å²) in [4.78, 5) is 1.59. The topological polar surface area (TPSA) is 9.23 Å². The van der Waals surface area contributed by atoms with Crippen LogP contribution in [-0.2, 0) is 4.74 Å². The molecule has 4 heteroatoms. The van der Waals surface area contributed by atoms with Crippen molar-refractivity contribution in [1.82, 2.24) is 0 Å². The predicted molar refractivity (Wildman–Crippen MR) is 64.2 cm³/mol. The molecule has 2 atom stereocenters. The normalized spacial score (nSPS) is 25.7. The third-order valence-electron chi connectivity index (χ3n) is 2.28. The first kappa shape index (κ1) is 11.4. The molecule has 1 nitrogen and oxygen atoms in total. The summed E-state index contributed by atoms with van der Waals surface area (Å²) in [6, 6.07) is 6.59. The van der Waals surface area contributed by atoms with Crippen LogP contribution in [0, 0.1) is 5.82 Å². The van der Waals surface area contributed by atoms with E-state index in [1.54, 1.807) is 23.9 Å². The largest absolute Gasteiger partial charge is 0.376 e. The highest BCUT2D eigenvalue weighted by atomic mass is 79.9. The van der Waals surface area contributed by atoms with Crippen molar-refractivity contribution in [3.8, 4) is 0 Å². The van der Waals surface area contributed by atoms with E-state index in [0.29, 0.717) is 10.9 Å². The maximum Gasteiger partial charge on any atom is 0.123 e. The molecule has 1 aromatic carbocycles. The summed E-state index contributed by atoms with van der Waals surface area (Å²) < 4.78 is 18.2. The Morgan fingerprint density at radius 3 is 2.73 bits per heavy atom. The molecule has 1 aliphatic rings. The third-order valence-corrected chi connectivity index (χ3v) is 4.06. The summed E-state index contributed by atoms with van der Waals surface area (Å²) in [5.74, 6) is 0.755. The van der Waals surface area contributed by atoms with E-state index in [2.05, 4.69) is 15.9 Å². The summed E-state index contributed by atoms with van der Waals surface area (Å²) in [6.07, 6.45) is 1.39. The van der Waals surface area contributed by atoms with Crippen molar-refractivity contribution < 1.29 is 9.13 Å². The van der Waals surface area contributed by atoms with Crippen LogP contribution in [0.4, 0.5) is 4.39 Å². The lowest BCUT2D eigenvalue weighted by atomic mass is 10.3. The van der Waals surface area contributed by atoms with Gasteiger partial charge in [-0.15, -0.1) is 11.8 Å². The molecular formula is C11H12BrFOS. The molecule has 0 saturated carbocycles. The van der Waals surface area contributed by atoms with Gasteiger partial charge >= 0.3 is 0 Å². The summed E-state index contributed by atoms with van der Waals surface area (Å²) in [5.41, 5.74) is 0. The average Bonchev–Trinajstić information content (AvgIpc) is 2.64. The molecule has 2 rings (SSSR count). The smallest absolute Gasteiger partial charge is 0.123 e. The second kappa shape index (κ2) is 5.32. The average molecular weight is 291 g/mol. The minimum absolute atomic E-state index is 0.183. The molecule has 0 N–H and O–H groups in total. The van der Waals surface area contributed by atoms with Crippen LogP contribution in [0.15, 0.2) is 29.2 Å². The van der Waals surface area contributed by atoms with E-state index in [0.717, 1.165) is 23.7 Å². The highest BCUT2D eigenvalue weighted by Gasteiger charge is 2.22. The number of hydrogen-bond acceptors (Lipinski definition) is 2. The van der Waals surface area contributed by atoms with E-state index in [9.17, 15) is 4.39 Å². The van der Waals surface area contributed by atoms with E-state index < -0.39 is 0 Å². The molecule has 1 aromatic rings. The Kier molecular flexibility index (Phi) is 4.05. The van der Waals surface area contributed by atoms with Gasteiger partial charge in [-0.05, 0) is 30.7 Å². The van der Waals surface area contributed by atoms with E-state index in [4.69, 9.17) is 4.74 Å². The zero-order valence-corrected chi connectivity index (χ0v) is 10.6. The van der Waals surface area contributed by atoms with E-state index in [1.165, 1.54) is 12.1 Å². The van der Waals surface area contributed by atoms with Crippen molar-refractivity contribution in [2.24, 2.45) is 0 Å². The third kappa shape index (κ3) is 3.47. The number of hydrogen-bond donors (Lipinski definition) is 0. The van der Waals surface area contributed by atoms with Crippen LogP contribution in [0.3, 0.4) is 0 Å². The maximum absolute atomic E-state index is 12.6. The van der Waals surface area contributed by atoms with Crippen LogP contribution in [0.1, 0.15) is 6.42 Å². The number of alkyl halides is 1. The van der Waals surface area contributed by atoms with Crippen molar-refractivity contribution in [2.75, 3.05) is 12.4 Å². The van der Waals surface area contributed by atoms with Crippen LogP contribution >= 0.6 is 27.7 Å². The van der Waals surface area contributed by atoms with Crippen LogP contribution in [-0.4, -0.2) is 23.3 Å². The molecule has 0 amide bonds. The Bertz CT molecular complexity index is 317. The van der Waals surface area contributed by atoms with Gasteiger partial charge < -0.3 is 4.74 Å². The second-order valence-electron chi connectivity index (χ2n) is 3.55. The minimum Gasteiger partial charge on any atom is -0.376 e. The molecule has 0 radical (unpaired) electrons. The van der Waals surface area contributed by atoms with Gasteiger partial charge in [0, 0.05) is 15.5 Å². The van der Waals surface area contributed by atoms with Gasteiger partial charge in [0.2, 0.25) is 0 Å². The summed E-state index contributed by atoms with van der Waals surface area (Å²) >= 11 is 5.25. The van der Waals surface area contributed by atoms with Crippen molar-refractivity contribution in [3.63, 3.8) is 0 Å². The fourth-order valence-electron chi connectivity index (χ4n) is 1.50. The Hall–Kier alpha value is -0.0600. The quantitative estimate of drug-likeness (QED) is 0.623. The van der Waals surface area contributed by atoms with Crippen LogP contribution < -0.4 is 0 Å². The molecule has 1 fully saturated rings. The van der Waals surface area contributed by atoms with Gasteiger partial charge in [0.15, 0.2) is 0 Å². The number of benzene rings is 1. The zero-order valence-electron chi connectivity index (χ0n) is 8.16. The first-order chi connectivity index (χ1) is 7.24. The number of ether oxygens (including phenoxy) is 1. The van der Waals surface area contributed by atoms with Gasteiger partial charge in [-0.3, -0.25) is 0 Å². The molecule has 0 aliphatic carbocycles. The van der Waals surface area contributed by atoms with Crippen LogP contribution in [0.2, 0.25) is 0 Å². The second-order valence-corrected chi connectivity index (χ2v) is 5.94. The van der Waals surface area contributed by atoms with Crippen molar-refractivity contribution >= 4 is 27.7 Å². The van der Waals surface area contributed by atoms with Crippen molar-refractivity contribution in [1.29, 1.82) is 0 Å². The summed E-state index contributed by atoms with van der Waals surface area (Å²) in [7, 11) is 0. The van der Waals surface area contributed by atoms with Gasteiger partial charge in [-0.25, -0.2) is 4.39 Å². The zero-order chi connectivity index (χ0) is 10.7. The highest BCUT2D eigenvalue weighted by molar-refractivity contribution is 9.09. The Labute approximate surface area is 102 Å². The van der Waals surface area contributed by atoms with Crippen molar-refractivity contribution in [3.05, 3.63) is 30.1 Å². The molecule has 82 valence electrons. The van der Waals surface area contributed by atoms with E-state index in [-0.39, 0.29) is 5.82 Å². The Balaban J connectivity index is 1.80. The summed E-state index contributed by atoms with van der Waals surface area (Å²) in [6.45, 7) is 0.800. The first-order valence-corrected chi connectivity index (χ1v) is 6.78. The highest BCUT2D eigenvalue weighted by Crippen LogP contribution is 2.26. The molecule has 0 unspecified atom stereocenters. The monoisotopic (exact) mass is 290 g/mol. The molecule has 0 aromatic heterocycles. The first-order valence-electron chi connectivity index (χ1n) is 4.88. The van der Waals surface area contributed by atoms with Gasteiger partial charge in [0.05, 0.1) is 12.7 Å². The Morgan fingerprint density at radius 2 is 2.13 bits per heavy atom. The molecule has 0 bridgehead atoms. The van der Waals surface area contributed by atoms with Gasteiger partial charge in [0.1, 0.15) is 5.82 Å². The standard InChI is InChI=1S/C11H12BrFOS/c12-8-5-10(14-6-8)7-15-11-3-1-9(13)2-4-11/h1-4,8,10H,5-7H2/t8-,10-/m1/s1. The minimum atomic E-state index is -0.183. The molecule has 1 heterocycles. The van der Waals surface area contributed by atoms with Crippen molar-refractivity contribution in [2.45, 2.75) is 22.2 Å². The fraction of sp³-hybridized carbons (Fsp3) is 0.455. The van der Waals surface area contributed by atoms with Gasteiger partial charge in [-0.1, -0.05) is 15.9 Å². The lowest BCUT2D eigenvalue weighted by molar-refractivity contribution is 0.129. The van der Waals surface area contributed by atoms with Crippen LogP contribution in [0.5, 0.6) is 0 Å². The molecular weight excluding hydrogens is 279 g/mol. The number of thioether (sulfide) groups is 1. The van der Waals surface area contributed by atoms with E-state index >= 15 is 0 Å². The SMILES string of the molecule is Fc1ccc(SC[C@H]2C[C@@H](Br)CO2)cc1. The van der Waals surface area contributed by atoms with Gasteiger partial charge in [-0.2, -0.15) is 0 Å². The van der Waals surface area contributed by atoms with Gasteiger partial charge in [0.25, 0.3) is 0 Å². The lowest BCUT2D eigenvalue weighted by Crippen LogP contribution is -2.08. The maximum atomic E-state index is 12.6. The number of halogens is 2.